The Labute approximate surface area is 198 Å². The Kier molecular flexibility index (Phi) is 7.88. The van der Waals surface area contributed by atoms with Crippen molar-refractivity contribution in [2.75, 3.05) is 26.7 Å². The lowest BCUT2D eigenvalue weighted by molar-refractivity contribution is -0.142. The smallest absolute Gasteiger partial charge is 0.304 e. The standard InChI is InChI=1S/C25H30N4O5/c1-16(30)28(2)11-12-29-21(13-20(25(29)33)14-23(31)32)15-34-22-9-7-18(8-10-22)17-3-5-19(6-4-17)24(26)27/h3-10,20-21H,11-15H2,1-2H3,(H3,26,27)(H,31,32)/t20-,21-/m0/s1. The number of nitrogens with one attached hydrogen (secondary N) is 1. The predicted molar refractivity (Wildman–Crippen MR) is 128 cm³/mol. The molecule has 2 amide bonds. The topological polar surface area (TPSA) is 137 Å². The second-order valence-electron chi connectivity index (χ2n) is 8.48. The monoisotopic (exact) mass is 466 g/mol. The Hall–Kier alpha value is -3.88. The summed E-state index contributed by atoms with van der Waals surface area (Å²) in [5.74, 6) is -1.25. The maximum absolute atomic E-state index is 12.8. The van der Waals surface area contributed by atoms with Crippen LogP contribution in [0.2, 0.25) is 0 Å². The largest absolute Gasteiger partial charge is 0.491 e. The van der Waals surface area contributed by atoms with Gasteiger partial charge < -0.3 is 25.4 Å². The first-order valence-electron chi connectivity index (χ1n) is 11.1. The second kappa shape index (κ2) is 10.8. The molecule has 0 aliphatic carbocycles. The van der Waals surface area contributed by atoms with Gasteiger partial charge in [-0.05, 0) is 29.7 Å². The SMILES string of the molecule is CC(=O)N(C)CCN1C(=O)[C@H](CC(=O)O)C[C@H]1COc1ccc(-c2ccc(C(=N)N)cc2)cc1. The van der Waals surface area contributed by atoms with Crippen LogP contribution in [0.3, 0.4) is 0 Å². The minimum atomic E-state index is -1.01. The van der Waals surface area contributed by atoms with Crippen molar-refractivity contribution in [2.24, 2.45) is 11.7 Å². The van der Waals surface area contributed by atoms with Crippen LogP contribution in [-0.4, -0.2) is 71.3 Å². The molecule has 0 saturated carbocycles. The minimum absolute atomic E-state index is 0.0215. The fourth-order valence-corrected chi connectivity index (χ4v) is 4.00. The number of ether oxygens (including phenoxy) is 1. The maximum atomic E-state index is 12.8. The third-order valence-electron chi connectivity index (χ3n) is 6.09. The van der Waals surface area contributed by atoms with Crippen LogP contribution < -0.4 is 10.5 Å². The molecule has 0 spiro atoms. The van der Waals surface area contributed by atoms with Gasteiger partial charge in [-0.25, -0.2) is 0 Å². The van der Waals surface area contributed by atoms with E-state index < -0.39 is 11.9 Å². The van der Waals surface area contributed by atoms with E-state index in [9.17, 15) is 14.4 Å². The van der Waals surface area contributed by atoms with Crippen LogP contribution in [-0.2, 0) is 14.4 Å². The fourth-order valence-electron chi connectivity index (χ4n) is 4.00. The molecule has 2 atom stereocenters. The van der Waals surface area contributed by atoms with Crippen molar-refractivity contribution in [3.8, 4) is 16.9 Å². The number of likely N-dealkylation sites (N-methyl/N-ethyl adjacent to an activating group) is 1. The summed E-state index contributed by atoms with van der Waals surface area (Å²) in [6, 6.07) is 14.6. The normalized spacial score (nSPS) is 17.5. The number of hydrogen-bond donors (Lipinski definition) is 3. The molecular formula is C25H30N4O5. The van der Waals surface area contributed by atoms with E-state index in [4.69, 9.17) is 21.0 Å². The highest BCUT2D eigenvalue weighted by molar-refractivity contribution is 5.95. The van der Waals surface area contributed by atoms with Crippen LogP contribution in [0.5, 0.6) is 5.75 Å². The van der Waals surface area contributed by atoms with E-state index in [0.717, 1.165) is 11.1 Å². The number of nitrogen functional groups attached to an aromatic ring is 1. The highest BCUT2D eigenvalue weighted by Gasteiger charge is 2.40. The summed E-state index contributed by atoms with van der Waals surface area (Å²) in [6.45, 7) is 2.39. The van der Waals surface area contributed by atoms with Gasteiger partial charge in [0.1, 0.15) is 18.2 Å². The van der Waals surface area contributed by atoms with Crippen LogP contribution in [0, 0.1) is 11.3 Å². The average molecular weight is 467 g/mol. The minimum Gasteiger partial charge on any atom is -0.491 e. The molecule has 1 aliphatic heterocycles. The number of carboxylic acids is 1. The molecule has 34 heavy (non-hydrogen) atoms. The summed E-state index contributed by atoms with van der Waals surface area (Å²) in [5, 5.41) is 16.6. The number of amidine groups is 1. The lowest BCUT2D eigenvalue weighted by atomic mass is 10.0. The lowest BCUT2D eigenvalue weighted by Crippen LogP contribution is -2.42. The zero-order chi connectivity index (χ0) is 24.8. The number of carboxylic acid groups (broad SMARTS) is 1. The van der Waals surface area contributed by atoms with Crippen LogP contribution >= 0.6 is 0 Å². The van der Waals surface area contributed by atoms with Gasteiger partial charge >= 0.3 is 5.97 Å². The number of likely N-dealkylation sites (tertiary alicyclic amines) is 1. The van der Waals surface area contributed by atoms with E-state index in [1.54, 1.807) is 24.1 Å². The molecule has 1 saturated heterocycles. The first kappa shape index (κ1) is 24.8. The van der Waals surface area contributed by atoms with Gasteiger partial charge in [-0.15, -0.1) is 0 Å². The van der Waals surface area contributed by atoms with E-state index in [2.05, 4.69) is 0 Å². The first-order valence-corrected chi connectivity index (χ1v) is 11.1. The number of rotatable bonds is 10. The zero-order valence-corrected chi connectivity index (χ0v) is 19.4. The number of nitrogens with two attached hydrogens (primary N) is 1. The Morgan fingerprint density at radius 3 is 2.26 bits per heavy atom. The predicted octanol–water partition coefficient (Wildman–Crippen LogP) is 2.19. The van der Waals surface area contributed by atoms with Gasteiger partial charge in [-0.3, -0.25) is 19.8 Å². The summed E-state index contributed by atoms with van der Waals surface area (Å²) in [7, 11) is 1.67. The summed E-state index contributed by atoms with van der Waals surface area (Å²) in [6.07, 6.45) is 0.182. The molecule has 9 heteroatoms. The first-order chi connectivity index (χ1) is 16.2. The Balaban J connectivity index is 1.64. The van der Waals surface area contributed by atoms with Crippen molar-refractivity contribution in [1.82, 2.24) is 9.80 Å². The number of carbonyl (C=O) groups excluding carboxylic acids is 2. The van der Waals surface area contributed by atoms with Crippen LogP contribution in [0.15, 0.2) is 48.5 Å². The molecule has 3 rings (SSSR count). The van der Waals surface area contributed by atoms with Crippen molar-refractivity contribution < 1.29 is 24.2 Å². The molecule has 0 unspecified atom stereocenters. The molecule has 2 aromatic rings. The summed E-state index contributed by atoms with van der Waals surface area (Å²) in [5.41, 5.74) is 8.12. The van der Waals surface area contributed by atoms with E-state index in [0.29, 0.717) is 30.8 Å². The number of carbonyl (C=O) groups is 3. The highest BCUT2D eigenvalue weighted by Crippen LogP contribution is 2.29. The highest BCUT2D eigenvalue weighted by atomic mass is 16.5. The van der Waals surface area contributed by atoms with Crippen molar-refractivity contribution >= 4 is 23.6 Å². The number of hydrogen-bond acceptors (Lipinski definition) is 5. The molecule has 4 N–H and O–H groups in total. The number of aliphatic carboxylic acids is 1. The molecule has 1 heterocycles. The molecule has 2 aromatic carbocycles. The second-order valence-corrected chi connectivity index (χ2v) is 8.48. The third-order valence-corrected chi connectivity index (χ3v) is 6.09. The summed E-state index contributed by atoms with van der Waals surface area (Å²) < 4.78 is 5.95. The van der Waals surface area contributed by atoms with Crippen LogP contribution in [0.25, 0.3) is 11.1 Å². The number of benzene rings is 2. The van der Waals surface area contributed by atoms with Gasteiger partial charge in [0, 0.05) is 32.6 Å². The molecule has 0 radical (unpaired) electrons. The summed E-state index contributed by atoms with van der Waals surface area (Å²) >= 11 is 0. The summed E-state index contributed by atoms with van der Waals surface area (Å²) in [4.78, 5) is 38.6. The third kappa shape index (κ3) is 6.12. The number of amides is 2. The fraction of sp³-hybridized carbons (Fsp3) is 0.360. The van der Waals surface area contributed by atoms with Gasteiger partial charge in [0.25, 0.3) is 0 Å². The maximum Gasteiger partial charge on any atom is 0.304 e. The van der Waals surface area contributed by atoms with E-state index >= 15 is 0 Å². The van der Waals surface area contributed by atoms with Crippen molar-refractivity contribution in [3.05, 3.63) is 54.1 Å². The molecular weight excluding hydrogens is 436 g/mol. The molecule has 0 bridgehead atoms. The van der Waals surface area contributed by atoms with Crippen molar-refractivity contribution in [1.29, 1.82) is 5.41 Å². The molecule has 1 aliphatic rings. The quantitative estimate of drug-likeness (QED) is 0.363. The Morgan fingerprint density at radius 2 is 1.74 bits per heavy atom. The van der Waals surface area contributed by atoms with E-state index in [-0.39, 0.29) is 36.7 Å². The van der Waals surface area contributed by atoms with Crippen molar-refractivity contribution in [3.63, 3.8) is 0 Å². The van der Waals surface area contributed by atoms with Gasteiger partial charge in [0.2, 0.25) is 11.8 Å². The van der Waals surface area contributed by atoms with Gasteiger partial charge in [0.05, 0.1) is 18.4 Å². The number of nitrogens with zero attached hydrogens (tertiary/aromatic N) is 2. The zero-order valence-electron chi connectivity index (χ0n) is 19.4. The van der Waals surface area contributed by atoms with Crippen LogP contribution in [0.1, 0.15) is 25.3 Å². The molecule has 0 aromatic heterocycles. The van der Waals surface area contributed by atoms with Crippen LogP contribution in [0.4, 0.5) is 0 Å². The Morgan fingerprint density at radius 1 is 1.15 bits per heavy atom. The Bertz CT molecular complexity index is 1050. The van der Waals surface area contributed by atoms with E-state index in [1.807, 2.05) is 36.4 Å². The van der Waals surface area contributed by atoms with Crippen molar-refractivity contribution in [2.45, 2.75) is 25.8 Å². The lowest BCUT2D eigenvalue weighted by Gasteiger charge is -2.27. The molecule has 180 valence electrons. The van der Waals surface area contributed by atoms with Gasteiger partial charge in [0.15, 0.2) is 0 Å². The van der Waals surface area contributed by atoms with Gasteiger partial charge in [-0.1, -0.05) is 36.4 Å². The van der Waals surface area contributed by atoms with Gasteiger partial charge in [-0.2, -0.15) is 0 Å². The molecule has 9 nitrogen and oxygen atoms in total. The molecule has 1 fully saturated rings. The average Bonchev–Trinajstić information content (AvgIpc) is 3.09. The van der Waals surface area contributed by atoms with E-state index in [1.165, 1.54) is 11.8 Å².